The van der Waals surface area contributed by atoms with E-state index in [-0.39, 0.29) is 0 Å². The highest BCUT2D eigenvalue weighted by atomic mass is 32.2. The molecule has 3 heterocycles. The SMILES string of the molecule is C=CCn1c(SCc2nc(-c3cccc(C)c3)no2)nnc1-c1ccoc1C. The summed E-state index contributed by atoms with van der Waals surface area (Å²) in [5, 5.41) is 13.5. The third-order valence-electron chi connectivity index (χ3n) is 4.20. The molecule has 0 unspecified atom stereocenters. The molecule has 0 amide bonds. The molecule has 0 atom stereocenters. The smallest absolute Gasteiger partial charge is 0.237 e. The number of hydrogen-bond acceptors (Lipinski definition) is 7. The van der Waals surface area contributed by atoms with Crippen molar-refractivity contribution in [1.29, 1.82) is 0 Å². The second-order valence-corrected chi connectivity index (χ2v) is 7.21. The van der Waals surface area contributed by atoms with Gasteiger partial charge in [-0.25, -0.2) is 0 Å². The van der Waals surface area contributed by atoms with E-state index in [9.17, 15) is 0 Å². The van der Waals surface area contributed by atoms with Gasteiger partial charge in [0.05, 0.1) is 17.6 Å². The molecule has 0 aliphatic carbocycles. The summed E-state index contributed by atoms with van der Waals surface area (Å²) in [7, 11) is 0. The van der Waals surface area contributed by atoms with E-state index in [1.165, 1.54) is 11.8 Å². The van der Waals surface area contributed by atoms with Gasteiger partial charge in [0.25, 0.3) is 0 Å². The van der Waals surface area contributed by atoms with E-state index in [4.69, 9.17) is 8.94 Å². The molecule has 0 saturated heterocycles. The topological polar surface area (TPSA) is 82.8 Å². The fourth-order valence-electron chi connectivity index (χ4n) is 2.85. The normalized spacial score (nSPS) is 11.1. The standard InChI is InChI=1S/C20H19N5O2S/c1-4-9-25-19(16-8-10-26-14(16)3)22-23-20(25)28-12-17-21-18(24-27-17)15-7-5-6-13(2)11-15/h4-8,10-11H,1,9,12H2,2-3H3. The quantitative estimate of drug-likeness (QED) is 0.333. The first-order valence-corrected chi connectivity index (χ1v) is 9.75. The van der Waals surface area contributed by atoms with Gasteiger partial charge in [-0.1, -0.05) is 46.8 Å². The molecular formula is C20H19N5O2S. The summed E-state index contributed by atoms with van der Waals surface area (Å²) >= 11 is 1.49. The molecule has 4 aromatic rings. The van der Waals surface area contributed by atoms with Crippen molar-refractivity contribution in [2.45, 2.75) is 31.3 Å². The Balaban J connectivity index is 1.53. The maximum Gasteiger partial charge on any atom is 0.237 e. The van der Waals surface area contributed by atoms with Crippen molar-refractivity contribution in [3.05, 3.63) is 66.5 Å². The molecule has 7 nitrogen and oxygen atoms in total. The molecule has 0 radical (unpaired) electrons. The molecule has 4 rings (SSSR count). The Morgan fingerprint density at radius 3 is 2.86 bits per heavy atom. The van der Waals surface area contributed by atoms with E-state index >= 15 is 0 Å². The summed E-state index contributed by atoms with van der Waals surface area (Å²) in [6.45, 7) is 8.36. The predicted octanol–water partition coefficient (Wildman–Crippen LogP) is 4.68. The van der Waals surface area contributed by atoms with E-state index in [0.29, 0.717) is 24.0 Å². The van der Waals surface area contributed by atoms with Gasteiger partial charge in [0.15, 0.2) is 11.0 Å². The van der Waals surface area contributed by atoms with Crippen LogP contribution < -0.4 is 0 Å². The van der Waals surface area contributed by atoms with Crippen molar-refractivity contribution in [3.63, 3.8) is 0 Å². The first-order chi connectivity index (χ1) is 13.7. The van der Waals surface area contributed by atoms with Crippen LogP contribution in [-0.4, -0.2) is 24.9 Å². The van der Waals surface area contributed by atoms with Crippen molar-refractivity contribution in [3.8, 4) is 22.8 Å². The van der Waals surface area contributed by atoms with Crippen LogP contribution in [-0.2, 0) is 12.3 Å². The van der Waals surface area contributed by atoms with Gasteiger partial charge in [0, 0.05) is 12.1 Å². The number of benzene rings is 1. The first kappa shape index (κ1) is 18.2. The number of aryl methyl sites for hydroxylation is 2. The van der Waals surface area contributed by atoms with Crippen molar-refractivity contribution in [1.82, 2.24) is 24.9 Å². The van der Waals surface area contributed by atoms with Crippen LogP contribution in [0, 0.1) is 13.8 Å². The minimum Gasteiger partial charge on any atom is -0.469 e. The Morgan fingerprint density at radius 2 is 2.11 bits per heavy atom. The van der Waals surface area contributed by atoms with Crippen LogP contribution in [0.15, 0.2) is 63.3 Å². The predicted molar refractivity (Wildman–Crippen MR) is 107 cm³/mol. The Labute approximate surface area is 166 Å². The van der Waals surface area contributed by atoms with E-state index in [2.05, 4.69) is 26.9 Å². The van der Waals surface area contributed by atoms with Gasteiger partial charge in [-0.3, -0.25) is 4.57 Å². The van der Waals surface area contributed by atoms with Gasteiger partial charge in [0.1, 0.15) is 5.76 Å². The second kappa shape index (κ2) is 7.85. The van der Waals surface area contributed by atoms with Crippen LogP contribution in [0.5, 0.6) is 0 Å². The van der Waals surface area contributed by atoms with Crippen molar-refractivity contribution in [2.75, 3.05) is 0 Å². The van der Waals surface area contributed by atoms with Gasteiger partial charge in [-0.2, -0.15) is 4.98 Å². The summed E-state index contributed by atoms with van der Waals surface area (Å²) in [4.78, 5) is 4.49. The fraction of sp³-hybridized carbons (Fsp3) is 0.200. The van der Waals surface area contributed by atoms with Crippen LogP contribution in [0.3, 0.4) is 0 Å². The third kappa shape index (κ3) is 3.63. The van der Waals surface area contributed by atoms with Gasteiger partial charge < -0.3 is 8.94 Å². The van der Waals surface area contributed by atoms with Crippen LogP contribution >= 0.6 is 11.8 Å². The average molecular weight is 393 g/mol. The zero-order chi connectivity index (χ0) is 19.5. The number of nitrogens with zero attached hydrogens (tertiary/aromatic N) is 5. The highest BCUT2D eigenvalue weighted by Crippen LogP contribution is 2.29. The van der Waals surface area contributed by atoms with Gasteiger partial charge >= 0.3 is 0 Å². The third-order valence-corrected chi connectivity index (χ3v) is 5.15. The summed E-state index contributed by atoms with van der Waals surface area (Å²) in [6.07, 6.45) is 3.46. The Morgan fingerprint density at radius 1 is 1.21 bits per heavy atom. The lowest BCUT2D eigenvalue weighted by molar-refractivity contribution is 0.391. The fourth-order valence-corrected chi connectivity index (χ4v) is 3.63. The number of rotatable bonds is 7. The van der Waals surface area contributed by atoms with E-state index < -0.39 is 0 Å². The average Bonchev–Trinajstić information content (AvgIpc) is 3.40. The van der Waals surface area contributed by atoms with E-state index in [1.54, 1.807) is 6.26 Å². The maximum atomic E-state index is 5.40. The molecule has 28 heavy (non-hydrogen) atoms. The number of thioether (sulfide) groups is 1. The maximum absolute atomic E-state index is 5.40. The molecule has 0 aliphatic rings. The zero-order valence-corrected chi connectivity index (χ0v) is 16.4. The summed E-state index contributed by atoms with van der Waals surface area (Å²) in [5.74, 6) is 3.17. The Bertz CT molecular complexity index is 1110. The molecule has 8 heteroatoms. The highest BCUT2D eigenvalue weighted by Gasteiger charge is 2.18. The number of aromatic nitrogens is 5. The molecule has 0 aliphatic heterocycles. The summed E-state index contributed by atoms with van der Waals surface area (Å²) in [6, 6.07) is 9.90. The molecule has 142 valence electrons. The van der Waals surface area contributed by atoms with Crippen molar-refractivity contribution < 1.29 is 8.94 Å². The van der Waals surface area contributed by atoms with Crippen molar-refractivity contribution in [2.24, 2.45) is 0 Å². The number of hydrogen-bond donors (Lipinski definition) is 0. The molecule has 3 aromatic heterocycles. The Hall–Kier alpha value is -3.13. The molecule has 0 fully saturated rings. The van der Waals surface area contributed by atoms with Gasteiger partial charge in [-0.05, 0) is 26.0 Å². The number of furan rings is 1. The lowest BCUT2D eigenvalue weighted by atomic mass is 10.1. The number of allylic oxidation sites excluding steroid dienone is 1. The molecule has 0 saturated carbocycles. The molecule has 0 N–H and O–H groups in total. The minimum atomic E-state index is 0.498. The largest absolute Gasteiger partial charge is 0.469 e. The Kier molecular flexibility index (Phi) is 5.12. The van der Waals surface area contributed by atoms with Crippen molar-refractivity contribution >= 4 is 11.8 Å². The second-order valence-electron chi connectivity index (χ2n) is 6.27. The van der Waals surface area contributed by atoms with E-state index in [1.807, 2.05) is 54.8 Å². The van der Waals surface area contributed by atoms with Crippen LogP contribution in [0.25, 0.3) is 22.8 Å². The molecular weight excluding hydrogens is 374 g/mol. The highest BCUT2D eigenvalue weighted by molar-refractivity contribution is 7.98. The molecule has 0 bridgehead atoms. The van der Waals surface area contributed by atoms with Gasteiger partial charge in [0.2, 0.25) is 11.7 Å². The first-order valence-electron chi connectivity index (χ1n) is 8.76. The minimum absolute atomic E-state index is 0.498. The van der Waals surface area contributed by atoms with E-state index in [0.717, 1.165) is 33.4 Å². The lowest BCUT2D eigenvalue weighted by Crippen LogP contribution is -2.00. The van der Waals surface area contributed by atoms with Crippen LogP contribution in [0.2, 0.25) is 0 Å². The summed E-state index contributed by atoms with van der Waals surface area (Å²) < 4.78 is 12.8. The van der Waals surface area contributed by atoms with Crippen LogP contribution in [0.1, 0.15) is 17.2 Å². The monoisotopic (exact) mass is 393 g/mol. The van der Waals surface area contributed by atoms with Gasteiger partial charge in [-0.15, -0.1) is 16.8 Å². The molecule has 0 spiro atoms. The lowest BCUT2D eigenvalue weighted by Gasteiger charge is -2.06. The molecule has 1 aromatic carbocycles. The summed E-state index contributed by atoms with van der Waals surface area (Å²) in [5.41, 5.74) is 3.01. The van der Waals surface area contributed by atoms with Crippen LogP contribution in [0.4, 0.5) is 0 Å². The zero-order valence-electron chi connectivity index (χ0n) is 15.6.